The molecule has 3 N–H and O–H groups in total. The van der Waals surface area contributed by atoms with Crippen molar-refractivity contribution in [1.82, 2.24) is 4.90 Å². The number of likely N-dealkylation sites (tertiary alicyclic amines) is 1. The Morgan fingerprint density at radius 2 is 1.91 bits per heavy atom. The summed E-state index contributed by atoms with van der Waals surface area (Å²) in [4.78, 5) is 14.1. The Morgan fingerprint density at radius 3 is 2.57 bits per heavy atom. The van der Waals surface area contributed by atoms with E-state index < -0.39 is 11.6 Å². The number of carbonyl (C=O) groups excluding carboxylic acids is 1. The van der Waals surface area contributed by atoms with Gasteiger partial charge in [-0.25, -0.2) is 0 Å². The number of rotatable bonds is 3. The van der Waals surface area contributed by atoms with Crippen molar-refractivity contribution in [2.24, 2.45) is 5.73 Å². The van der Waals surface area contributed by atoms with E-state index >= 15 is 0 Å². The molecule has 1 saturated heterocycles. The van der Waals surface area contributed by atoms with Crippen LogP contribution in [0.25, 0.3) is 0 Å². The summed E-state index contributed by atoms with van der Waals surface area (Å²) < 4.78 is 10.5. The molecular formula is C16H26N2O4S. The minimum atomic E-state index is -1.46. The molecule has 2 aliphatic heterocycles. The average molecular weight is 342 g/mol. The molecule has 23 heavy (non-hydrogen) atoms. The van der Waals surface area contributed by atoms with Gasteiger partial charge in [0, 0.05) is 13.1 Å². The van der Waals surface area contributed by atoms with Gasteiger partial charge in [0.05, 0.1) is 0 Å². The van der Waals surface area contributed by atoms with Crippen molar-refractivity contribution in [2.45, 2.75) is 38.8 Å². The van der Waals surface area contributed by atoms with Gasteiger partial charge in [0.1, 0.15) is 11.6 Å². The molecule has 7 heteroatoms. The number of fused-ring (bicyclic) bond motifs is 1. The number of nitrogens with zero attached hydrogens (tertiary/aromatic N) is 1. The molecule has 2 atom stereocenters. The van der Waals surface area contributed by atoms with E-state index in [1.54, 1.807) is 30.0 Å². The molecule has 0 saturated carbocycles. The molecule has 0 bridgehead atoms. The van der Waals surface area contributed by atoms with Crippen molar-refractivity contribution in [3.8, 4) is 11.5 Å². The maximum absolute atomic E-state index is 12.4. The van der Waals surface area contributed by atoms with E-state index in [9.17, 15) is 9.90 Å². The van der Waals surface area contributed by atoms with Crippen molar-refractivity contribution in [3.63, 3.8) is 0 Å². The van der Waals surface area contributed by atoms with Crippen LogP contribution in [0.5, 0.6) is 11.5 Å². The molecule has 130 valence electrons. The standard InChI is InChI=1S/C15H20N2O4.CH4.H2S/c1-15(19,13(16)14(18)17-6-2-3-7-17)10-4-5-11-12(8-10)21-9-20-11;;/h4-5,8,13,19H,2-3,6-7,9,16H2,1H3;1H4;1H2/t13-,15-;;/m1../s1. The van der Waals surface area contributed by atoms with Crippen LogP contribution in [0.4, 0.5) is 0 Å². The monoisotopic (exact) mass is 342 g/mol. The summed E-state index contributed by atoms with van der Waals surface area (Å²) in [5.74, 6) is 0.984. The van der Waals surface area contributed by atoms with Crippen molar-refractivity contribution in [3.05, 3.63) is 23.8 Å². The lowest BCUT2D eigenvalue weighted by atomic mass is 9.87. The Bertz CT molecular complexity index is 559. The summed E-state index contributed by atoms with van der Waals surface area (Å²) in [5, 5.41) is 10.7. The number of hydrogen-bond donors (Lipinski definition) is 2. The lowest BCUT2D eigenvalue weighted by Crippen LogP contribution is -2.54. The van der Waals surface area contributed by atoms with Crippen LogP contribution in [0.15, 0.2) is 18.2 Å². The molecule has 0 unspecified atom stereocenters. The summed E-state index contributed by atoms with van der Waals surface area (Å²) in [6.45, 7) is 3.15. The molecule has 1 aromatic carbocycles. The maximum Gasteiger partial charge on any atom is 0.242 e. The first-order valence-corrected chi connectivity index (χ1v) is 7.17. The molecule has 3 rings (SSSR count). The van der Waals surface area contributed by atoms with Gasteiger partial charge in [-0.15, -0.1) is 0 Å². The number of carbonyl (C=O) groups is 1. The third-order valence-electron chi connectivity index (χ3n) is 4.25. The van der Waals surface area contributed by atoms with Crippen molar-refractivity contribution in [2.75, 3.05) is 19.9 Å². The van der Waals surface area contributed by atoms with Crippen LogP contribution in [0, 0.1) is 0 Å². The van der Waals surface area contributed by atoms with Crippen LogP contribution in [0.1, 0.15) is 32.8 Å². The molecule has 1 fully saturated rings. The summed E-state index contributed by atoms with van der Waals surface area (Å²) in [6, 6.07) is 4.11. The lowest BCUT2D eigenvalue weighted by Gasteiger charge is -2.32. The number of benzene rings is 1. The number of aliphatic hydroxyl groups is 1. The van der Waals surface area contributed by atoms with Gasteiger partial charge in [-0.2, -0.15) is 13.5 Å². The van der Waals surface area contributed by atoms with Crippen LogP contribution in [-0.4, -0.2) is 41.8 Å². The predicted octanol–water partition coefficient (Wildman–Crippen LogP) is 1.32. The van der Waals surface area contributed by atoms with Crippen molar-refractivity contribution < 1.29 is 19.4 Å². The normalized spacial score (nSPS) is 19.3. The van der Waals surface area contributed by atoms with Crippen LogP contribution in [0.3, 0.4) is 0 Å². The summed E-state index contributed by atoms with van der Waals surface area (Å²) in [6.07, 6.45) is 1.98. The Labute approximate surface area is 144 Å². The highest BCUT2D eigenvalue weighted by Gasteiger charge is 2.39. The van der Waals surface area contributed by atoms with E-state index in [0.29, 0.717) is 30.2 Å². The Kier molecular flexibility index (Phi) is 6.33. The van der Waals surface area contributed by atoms with Crippen molar-refractivity contribution in [1.29, 1.82) is 0 Å². The number of hydrogen-bond acceptors (Lipinski definition) is 5. The Hall–Kier alpha value is -1.44. The Balaban J connectivity index is 0.00000132. The molecule has 2 aliphatic rings. The van der Waals surface area contributed by atoms with Crippen molar-refractivity contribution >= 4 is 19.4 Å². The van der Waals surface area contributed by atoms with Crippen LogP contribution in [0.2, 0.25) is 0 Å². The first-order chi connectivity index (χ1) is 10.00. The number of nitrogens with two attached hydrogens (primary N) is 1. The molecule has 1 amide bonds. The topological polar surface area (TPSA) is 85.0 Å². The van der Waals surface area contributed by atoms with E-state index in [4.69, 9.17) is 15.2 Å². The number of amides is 1. The zero-order valence-electron chi connectivity index (χ0n) is 12.5. The molecule has 1 aromatic rings. The quantitative estimate of drug-likeness (QED) is 0.865. The molecule has 0 aromatic heterocycles. The third kappa shape index (κ3) is 3.57. The highest BCUT2D eigenvalue weighted by Crippen LogP contribution is 2.36. The zero-order valence-corrected chi connectivity index (χ0v) is 13.5. The van der Waals surface area contributed by atoms with E-state index in [1.807, 2.05) is 0 Å². The van der Waals surface area contributed by atoms with Gasteiger partial charge in [0.15, 0.2) is 11.5 Å². The fourth-order valence-corrected chi connectivity index (χ4v) is 2.77. The van der Waals surface area contributed by atoms with E-state index in [1.165, 1.54) is 0 Å². The summed E-state index contributed by atoms with van der Waals surface area (Å²) in [7, 11) is 0. The second kappa shape index (κ2) is 7.42. The number of ether oxygens (including phenoxy) is 2. The second-order valence-electron chi connectivity index (χ2n) is 5.73. The molecule has 6 nitrogen and oxygen atoms in total. The van der Waals surface area contributed by atoms with E-state index in [-0.39, 0.29) is 33.6 Å². The smallest absolute Gasteiger partial charge is 0.242 e. The molecule has 0 spiro atoms. The SMILES string of the molecule is C.C[C@@](O)(c1ccc2c(c1)OCO2)[C@H](N)C(=O)N1CCCC1.S. The van der Waals surface area contributed by atoms with Gasteiger partial charge in [0.25, 0.3) is 0 Å². The molecule has 0 aliphatic carbocycles. The summed E-state index contributed by atoms with van der Waals surface area (Å²) in [5.41, 5.74) is 5.13. The first-order valence-electron chi connectivity index (χ1n) is 7.17. The van der Waals surface area contributed by atoms with Gasteiger partial charge in [-0.05, 0) is 37.5 Å². The predicted molar refractivity (Wildman–Crippen MR) is 93.0 cm³/mol. The molecular weight excluding hydrogens is 316 g/mol. The summed E-state index contributed by atoms with van der Waals surface area (Å²) >= 11 is 0. The van der Waals surface area contributed by atoms with Gasteiger partial charge in [0.2, 0.25) is 12.7 Å². The fraction of sp³-hybridized carbons (Fsp3) is 0.562. The van der Waals surface area contributed by atoms with E-state index in [2.05, 4.69) is 0 Å². The highest BCUT2D eigenvalue weighted by molar-refractivity contribution is 7.59. The lowest BCUT2D eigenvalue weighted by molar-refractivity contribution is -0.137. The molecule has 0 radical (unpaired) electrons. The third-order valence-corrected chi connectivity index (χ3v) is 4.25. The zero-order chi connectivity index (χ0) is 15.0. The highest BCUT2D eigenvalue weighted by atomic mass is 32.1. The van der Waals surface area contributed by atoms with Gasteiger partial charge in [-0.1, -0.05) is 13.5 Å². The van der Waals surface area contributed by atoms with E-state index in [0.717, 1.165) is 12.8 Å². The maximum atomic E-state index is 12.4. The Morgan fingerprint density at radius 1 is 1.30 bits per heavy atom. The minimum absolute atomic E-state index is 0. The average Bonchev–Trinajstić information content (AvgIpc) is 3.15. The fourth-order valence-electron chi connectivity index (χ4n) is 2.77. The van der Waals surface area contributed by atoms with Gasteiger partial charge in [-0.3, -0.25) is 4.79 Å². The first kappa shape index (κ1) is 19.6. The largest absolute Gasteiger partial charge is 0.454 e. The van der Waals surface area contributed by atoms with Gasteiger partial charge < -0.3 is 25.2 Å². The van der Waals surface area contributed by atoms with Gasteiger partial charge >= 0.3 is 0 Å². The second-order valence-corrected chi connectivity index (χ2v) is 5.73. The van der Waals surface area contributed by atoms with Crippen LogP contribution < -0.4 is 15.2 Å². The minimum Gasteiger partial charge on any atom is -0.454 e. The van der Waals surface area contributed by atoms with Crippen LogP contribution >= 0.6 is 13.5 Å². The molecule has 2 heterocycles. The van der Waals surface area contributed by atoms with Crippen LogP contribution in [-0.2, 0) is 10.4 Å².